The lowest BCUT2D eigenvalue weighted by atomic mass is 10.1. The Labute approximate surface area is 107 Å². The van der Waals surface area contributed by atoms with Crippen molar-refractivity contribution in [3.05, 3.63) is 30.6 Å². The summed E-state index contributed by atoms with van der Waals surface area (Å²) in [7, 11) is 0. The number of nitrogens with zero attached hydrogens (tertiary/aromatic N) is 1. The third kappa shape index (κ3) is 2.71. The first-order valence-electron chi connectivity index (χ1n) is 6.09. The number of anilines is 1. The summed E-state index contributed by atoms with van der Waals surface area (Å²) in [6.45, 7) is 5.21. The summed E-state index contributed by atoms with van der Waals surface area (Å²) in [6.07, 6.45) is 3.50. The zero-order valence-electron chi connectivity index (χ0n) is 10.7. The highest BCUT2D eigenvalue weighted by molar-refractivity contribution is 5.96. The van der Waals surface area contributed by atoms with E-state index >= 15 is 0 Å². The van der Waals surface area contributed by atoms with Crippen LogP contribution in [0.2, 0.25) is 0 Å². The summed E-state index contributed by atoms with van der Waals surface area (Å²) in [4.78, 5) is 4.12. The number of aromatic nitrogens is 1. The maximum absolute atomic E-state index is 5.93. The predicted octanol–water partition coefficient (Wildman–Crippen LogP) is 2.62. The van der Waals surface area contributed by atoms with E-state index in [4.69, 9.17) is 15.2 Å². The molecule has 0 amide bonds. The number of pyridine rings is 1. The highest BCUT2D eigenvalue weighted by Crippen LogP contribution is 2.29. The van der Waals surface area contributed by atoms with Crippen LogP contribution in [0.1, 0.15) is 13.8 Å². The topological polar surface area (TPSA) is 57.4 Å². The van der Waals surface area contributed by atoms with Crippen molar-refractivity contribution >= 4 is 16.5 Å². The third-order valence-electron chi connectivity index (χ3n) is 2.70. The minimum absolute atomic E-state index is 0.00280. The van der Waals surface area contributed by atoms with E-state index in [1.54, 1.807) is 12.4 Å². The van der Waals surface area contributed by atoms with Crippen molar-refractivity contribution in [1.82, 2.24) is 4.98 Å². The van der Waals surface area contributed by atoms with Gasteiger partial charge in [0, 0.05) is 35.5 Å². The molecular formula is C14H18N2O2. The highest BCUT2D eigenvalue weighted by Gasteiger charge is 2.09. The van der Waals surface area contributed by atoms with Crippen LogP contribution in [0.4, 0.5) is 5.69 Å². The molecule has 0 bridgehead atoms. The van der Waals surface area contributed by atoms with Gasteiger partial charge in [0.25, 0.3) is 0 Å². The molecule has 0 fully saturated rings. The summed E-state index contributed by atoms with van der Waals surface area (Å²) in [6, 6.07) is 5.62. The number of nitrogens with two attached hydrogens (primary N) is 1. The fraction of sp³-hybridized carbons (Fsp3) is 0.357. The maximum atomic E-state index is 5.93. The fourth-order valence-corrected chi connectivity index (χ4v) is 1.82. The SMILES string of the molecule is CCOCC(C)Oc1ccc(N)c2ccncc12. The second-order valence-corrected chi connectivity index (χ2v) is 4.16. The Morgan fingerprint density at radius 2 is 2.11 bits per heavy atom. The molecule has 1 aromatic carbocycles. The lowest BCUT2D eigenvalue weighted by Gasteiger charge is -2.16. The van der Waals surface area contributed by atoms with E-state index in [2.05, 4.69) is 4.98 Å². The first-order chi connectivity index (χ1) is 8.72. The number of nitrogen functional groups attached to an aromatic ring is 1. The molecule has 1 atom stereocenters. The van der Waals surface area contributed by atoms with Crippen LogP contribution in [-0.4, -0.2) is 24.3 Å². The molecule has 1 unspecified atom stereocenters. The molecule has 96 valence electrons. The molecule has 4 heteroatoms. The molecule has 1 aromatic heterocycles. The largest absolute Gasteiger partial charge is 0.488 e. The number of hydrogen-bond acceptors (Lipinski definition) is 4. The number of rotatable bonds is 5. The van der Waals surface area contributed by atoms with E-state index in [9.17, 15) is 0 Å². The first kappa shape index (κ1) is 12.6. The van der Waals surface area contributed by atoms with Gasteiger partial charge in [-0.15, -0.1) is 0 Å². The molecule has 2 N–H and O–H groups in total. The zero-order chi connectivity index (χ0) is 13.0. The predicted molar refractivity (Wildman–Crippen MR) is 72.7 cm³/mol. The van der Waals surface area contributed by atoms with Gasteiger partial charge in [-0.3, -0.25) is 4.98 Å². The summed E-state index contributed by atoms with van der Waals surface area (Å²) < 4.78 is 11.2. The molecule has 0 aliphatic heterocycles. The number of benzene rings is 1. The smallest absolute Gasteiger partial charge is 0.129 e. The Bertz CT molecular complexity index is 528. The van der Waals surface area contributed by atoms with Gasteiger partial charge < -0.3 is 15.2 Å². The van der Waals surface area contributed by atoms with Gasteiger partial charge in [0.1, 0.15) is 11.9 Å². The molecule has 0 saturated carbocycles. The van der Waals surface area contributed by atoms with E-state index in [-0.39, 0.29) is 6.10 Å². The van der Waals surface area contributed by atoms with Crippen molar-refractivity contribution in [2.45, 2.75) is 20.0 Å². The standard InChI is InChI=1S/C14H18N2O2/c1-3-17-9-10(2)18-14-5-4-13(15)11-6-7-16-8-12(11)14/h4-8,10H,3,9,15H2,1-2H3. The maximum Gasteiger partial charge on any atom is 0.129 e. The molecule has 18 heavy (non-hydrogen) atoms. The normalized spacial score (nSPS) is 12.6. The van der Waals surface area contributed by atoms with E-state index in [1.165, 1.54) is 0 Å². The highest BCUT2D eigenvalue weighted by atomic mass is 16.5. The quantitative estimate of drug-likeness (QED) is 0.824. The van der Waals surface area contributed by atoms with Crippen LogP contribution in [0.25, 0.3) is 10.8 Å². The van der Waals surface area contributed by atoms with Crippen molar-refractivity contribution in [3.63, 3.8) is 0 Å². The average Bonchev–Trinajstić information content (AvgIpc) is 2.40. The Morgan fingerprint density at radius 1 is 1.28 bits per heavy atom. The van der Waals surface area contributed by atoms with Gasteiger partial charge in [-0.2, -0.15) is 0 Å². The zero-order valence-corrected chi connectivity index (χ0v) is 10.7. The number of ether oxygens (including phenoxy) is 2. The van der Waals surface area contributed by atoms with Crippen LogP contribution in [0, 0.1) is 0 Å². The molecular weight excluding hydrogens is 228 g/mol. The van der Waals surface area contributed by atoms with Crippen molar-refractivity contribution in [3.8, 4) is 5.75 Å². The van der Waals surface area contributed by atoms with Crippen LogP contribution >= 0.6 is 0 Å². The van der Waals surface area contributed by atoms with E-state index < -0.39 is 0 Å². The Morgan fingerprint density at radius 3 is 2.89 bits per heavy atom. The molecule has 0 saturated heterocycles. The van der Waals surface area contributed by atoms with Gasteiger partial charge >= 0.3 is 0 Å². The number of hydrogen-bond donors (Lipinski definition) is 1. The van der Waals surface area contributed by atoms with E-state index in [1.807, 2.05) is 32.0 Å². The molecule has 1 heterocycles. The molecule has 2 rings (SSSR count). The van der Waals surface area contributed by atoms with Gasteiger partial charge in [0.05, 0.1) is 6.61 Å². The molecule has 0 aliphatic carbocycles. The Kier molecular flexibility index (Phi) is 3.99. The van der Waals surface area contributed by atoms with Crippen LogP contribution in [0.5, 0.6) is 5.75 Å². The summed E-state index contributed by atoms with van der Waals surface area (Å²) in [5, 5.41) is 1.90. The summed E-state index contributed by atoms with van der Waals surface area (Å²) in [5.41, 5.74) is 6.66. The molecule has 0 aliphatic rings. The summed E-state index contributed by atoms with van der Waals surface area (Å²) >= 11 is 0. The van der Waals surface area contributed by atoms with Crippen LogP contribution in [0.15, 0.2) is 30.6 Å². The monoisotopic (exact) mass is 246 g/mol. The molecule has 0 spiro atoms. The molecule has 4 nitrogen and oxygen atoms in total. The van der Waals surface area contributed by atoms with Gasteiger partial charge in [0.15, 0.2) is 0 Å². The van der Waals surface area contributed by atoms with Crippen molar-refractivity contribution in [2.24, 2.45) is 0 Å². The van der Waals surface area contributed by atoms with Gasteiger partial charge in [0.2, 0.25) is 0 Å². The van der Waals surface area contributed by atoms with E-state index in [0.717, 1.165) is 22.2 Å². The van der Waals surface area contributed by atoms with Gasteiger partial charge in [-0.05, 0) is 32.0 Å². The lowest BCUT2D eigenvalue weighted by Crippen LogP contribution is -2.19. The number of fused-ring (bicyclic) bond motifs is 1. The minimum atomic E-state index is -0.00280. The van der Waals surface area contributed by atoms with Gasteiger partial charge in [-0.25, -0.2) is 0 Å². The van der Waals surface area contributed by atoms with Crippen LogP contribution < -0.4 is 10.5 Å². The van der Waals surface area contributed by atoms with Crippen molar-refractivity contribution in [2.75, 3.05) is 18.9 Å². The Hall–Kier alpha value is -1.81. The van der Waals surface area contributed by atoms with E-state index in [0.29, 0.717) is 13.2 Å². The van der Waals surface area contributed by atoms with Gasteiger partial charge in [-0.1, -0.05) is 0 Å². The second kappa shape index (κ2) is 5.69. The summed E-state index contributed by atoms with van der Waals surface area (Å²) in [5.74, 6) is 0.791. The fourth-order valence-electron chi connectivity index (χ4n) is 1.82. The van der Waals surface area contributed by atoms with Crippen LogP contribution in [0.3, 0.4) is 0 Å². The van der Waals surface area contributed by atoms with Crippen molar-refractivity contribution in [1.29, 1.82) is 0 Å². The average molecular weight is 246 g/mol. The van der Waals surface area contributed by atoms with Crippen LogP contribution in [-0.2, 0) is 4.74 Å². The Balaban J connectivity index is 2.26. The third-order valence-corrected chi connectivity index (χ3v) is 2.70. The second-order valence-electron chi connectivity index (χ2n) is 4.16. The minimum Gasteiger partial charge on any atom is -0.488 e. The molecule has 2 aromatic rings. The molecule has 0 radical (unpaired) electrons. The van der Waals surface area contributed by atoms with Crippen molar-refractivity contribution < 1.29 is 9.47 Å². The first-order valence-corrected chi connectivity index (χ1v) is 6.09. The lowest BCUT2D eigenvalue weighted by molar-refractivity contribution is 0.0665.